The Morgan fingerprint density at radius 3 is 1.70 bits per heavy atom. The van der Waals surface area contributed by atoms with E-state index in [9.17, 15) is 0 Å². The third-order valence-electron chi connectivity index (χ3n) is 2.15. The van der Waals surface area contributed by atoms with Gasteiger partial charge in [0.1, 0.15) is 0 Å². The lowest BCUT2D eigenvalue weighted by molar-refractivity contribution is 0.0946. The summed E-state index contributed by atoms with van der Waals surface area (Å²) in [5.74, 6) is 0. The summed E-state index contributed by atoms with van der Waals surface area (Å²) in [5, 5.41) is 9.15. The first-order valence-corrected chi connectivity index (χ1v) is 3.53. The smallest absolute Gasteiger partial charge is 0.0691 e. The highest BCUT2D eigenvalue weighted by molar-refractivity contribution is 4.85. The average molecular weight is 149 g/mol. The van der Waals surface area contributed by atoms with Crippen LogP contribution in [0.1, 0.15) is 33.6 Å². The summed E-state index contributed by atoms with van der Waals surface area (Å²) in [4.78, 5) is 0. The highest BCUT2D eigenvalue weighted by Gasteiger charge is 2.25. The van der Waals surface area contributed by atoms with E-state index in [1.54, 1.807) is 6.92 Å². The Labute approximate surface area is 62.5 Å². The average Bonchev–Trinajstić information content (AvgIpc) is 1.86. The highest BCUT2D eigenvalue weighted by Crippen LogP contribution is 2.15. The summed E-state index contributed by atoms with van der Waals surface area (Å²) >= 11 is 0. The molecule has 0 aromatic carbocycles. The summed E-state index contributed by atoms with van der Waals surface area (Å²) < 4.78 is 0. The molecule has 5 N–H and O–H groups in total. The molecule has 1 unspecified atom stereocenters. The van der Waals surface area contributed by atoms with E-state index in [0.717, 1.165) is 12.8 Å². The highest BCUT2D eigenvalue weighted by atomic mass is 16.3. The molecule has 0 saturated heterocycles. The Morgan fingerprint density at radius 1 is 1.40 bits per heavy atom. The SMILES string of the molecule is CCC(N)(CC)C(C)O.O. The second kappa shape index (κ2) is 4.66. The number of hydrogen-bond donors (Lipinski definition) is 2. The van der Waals surface area contributed by atoms with Crippen LogP contribution in [0.3, 0.4) is 0 Å². The number of aliphatic hydroxyl groups excluding tert-OH is 1. The Hall–Kier alpha value is -0.120. The monoisotopic (exact) mass is 149 g/mol. The quantitative estimate of drug-likeness (QED) is 0.595. The van der Waals surface area contributed by atoms with Crippen LogP contribution in [-0.2, 0) is 0 Å². The van der Waals surface area contributed by atoms with Gasteiger partial charge in [-0.1, -0.05) is 13.8 Å². The lowest BCUT2D eigenvalue weighted by Crippen LogP contribution is -2.48. The predicted molar refractivity (Wildman–Crippen MR) is 42.8 cm³/mol. The molecular weight excluding hydrogens is 130 g/mol. The molecule has 0 rings (SSSR count). The van der Waals surface area contributed by atoms with Crippen molar-refractivity contribution in [1.29, 1.82) is 0 Å². The lowest BCUT2D eigenvalue weighted by Gasteiger charge is -2.29. The van der Waals surface area contributed by atoms with Crippen molar-refractivity contribution >= 4 is 0 Å². The van der Waals surface area contributed by atoms with Crippen LogP contribution in [0.2, 0.25) is 0 Å². The Bertz CT molecular complexity index is 79.7. The van der Waals surface area contributed by atoms with Crippen molar-refractivity contribution in [3.63, 3.8) is 0 Å². The Balaban J connectivity index is 0. The van der Waals surface area contributed by atoms with Gasteiger partial charge in [0.05, 0.1) is 6.10 Å². The van der Waals surface area contributed by atoms with Crippen LogP contribution in [0.25, 0.3) is 0 Å². The second-order valence-corrected chi connectivity index (χ2v) is 2.62. The van der Waals surface area contributed by atoms with Gasteiger partial charge >= 0.3 is 0 Å². The van der Waals surface area contributed by atoms with E-state index in [4.69, 9.17) is 10.8 Å². The Kier molecular flexibility index (Phi) is 5.84. The summed E-state index contributed by atoms with van der Waals surface area (Å²) in [6.45, 7) is 5.74. The molecule has 0 aliphatic rings. The molecule has 0 saturated carbocycles. The fourth-order valence-electron chi connectivity index (χ4n) is 0.841. The van der Waals surface area contributed by atoms with Crippen molar-refractivity contribution in [2.45, 2.75) is 45.3 Å². The predicted octanol–water partition coefficient (Wildman–Crippen LogP) is 0.0600. The maximum absolute atomic E-state index is 9.15. The number of rotatable bonds is 3. The molecule has 0 aromatic heterocycles. The van der Waals surface area contributed by atoms with E-state index >= 15 is 0 Å². The maximum atomic E-state index is 9.15. The fraction of sp³-hybridized carbons (Fsp3) is 1.00. The van der Waals surface area contributed by atoms with E-state index in [0.29, 0.717) is 0 Å². The van der Waals surface area contributed by atoms with E-state index in [1.807, 2.05) is 13.8 Å². The summed E-state index contributed by atoms with van der Waals surface area (Å²) in [6.07, 6.45) is 1.27. The minimum absolute atomic E-state index is 0. The van der Waals surface area contributed by atoms with Gasteiger partial charge in [-0.2, -0.15) is 0 Å². The molecule has 0 fully saturated rings. The molecule has 3 nitrogen and oxygen atoms in total. The van der Waals surface area contributed by atoms with E-state index in [-0.39, 0.29) is 11.0 Å². The van der Waals surface area contributed by atoms with Gasteiger partial charge in [-0.05, 0) is 19.8 Å². The zero-order valence-corrected chi connectivity index (χ0v) is 7.02. The normalized spacial score (nSPS) is 14.1. The maximum Gasteiger partial charge on any atom is 0.0691 e. The topological polar surface area (TPSA) is 77.8 Å². The van der Waals surface area contributed by atoms with Gasteiger partial charge in [-0.25, -0.2) is 0 Å². The molecule has 0 spiro atoms. The third kappa shape index (κ3) is 2.64. The minimum Gasteiger partial charge on any atom is -0.412 e. The van der Waals surface area contributed by atoms with Gasteiger partial charge in [-0.15, -0.1) is 0 Å². The zero-order valence-electron chi connectivity index (χ0n) is 7.02. The molecule has 3 heteroatoms. The molecule has 0 radical (unpaired) electrons. The molecule has 0 aromatic rings. The minimum atomic E-state index is -0.396. The molecule has 1 atom stereocenters. The van der Waals surface area contributed by atoms with Crippen LogP contribution in [0.5, 0.6) is 0 Å². The van der Waals surface area contributed by atoms with Crippen LogP contribution in [0.4, 0.5) is 0 Å². The van der Waals surface area contributed by atoms with Crippen molar-refractivity contribution in [3.05, 3.63) is 0 Å². The van der Waals surface area contributed by atoms with Crippen LogP contribution in [0.15, 0.2) is 0 Å². The molecular formula is C7H19NO2. The van der Waals surface area contributed by atoms with Crippen LogP contribution >= 0.6 is 0 Å². The van der Waals surface area contributed by atoms with Gasteiger partial charge in [0.15, 0.2) is 0 Å². The van der Waals surface area contributed by atoms with Gasteiger partial charge in [0.2, 0.25) is 0 Å². The van der Waals surface area contributed by atoms with Crippen molar-refractivity contribution in [2.75, 3.05) is 0 Å². The molecule has 0 aliphatic heterocycles. The van der Waals surface area contributed by atoms with Crippen molar-refractivity contribution < 1.29 is 10.6 Å². The molecule has 0 aliphatic carbocycles. The van der Waals surface area contributed by atoms with Gasteiger partial charge in [0.25, 0.3) is 0 Å². The largest absolute Gasteiger partial charge is 0.412 e. The zero-order chi connectivity index (χ0) is 7.49. The molecule has 0 bridgehead atoms. The van der Waals surface area contributed by atoms with E-state index in [1.165, 1.54) is 0 Å². The fourth-order valence-corrected chi connectivity index (χ4v) is 0.841. The second-order valence-electron chi connectivity index (χ2n) is 2.62. The number of aliphatic hydroxyl groups is 1. The molecule has 0 amide bonds. The van der Waals surface area contributed by atoms with Crippen molar-refractivity contribution in [1.82, 2.24) is 0 Å². The van der Waals surface area contributed by atoms with Gasteiger partial charge in [-0.3, -0.25) is 0 Å². The molecule has 0 heterocycles. The standard InChI is InChI=1S/C7H17NO.H2O/c1-4-7(8,5-2)6(3)9;/h6,9H,4-5,8H2,1-3H3;1H2. The molecule has 64 valence electrons. The first kappa shape index (κ1) is 12.5. The van der Waals surface area contributed by atoms with Gasteiger partial charge in [0, 0.05) is 5.54 Å². The van der Waals surface area contributed by atoms with Crippen LogP contribution in [-0.4, -0.2) is 22.2 Å². The lowest BCUT2D eigenvalue weighted by atomic mass is 9.89. The summed E-state index contributed by atoms with van der Waals surface area (Å²) in [5.41, 5.74) is 5.43. The van der Waals surface area contributed by atoms with Crippen LogP contribution < -0.4 is 5.73 Å². The first-order valence-electron chi connectivity index (χ1n) is 3.53. The van der Waals surface area contributed by atoms with Crippen LogP contribution in [0, 0.1) is 0 Å². The first-order chi connectivity index (χ1) is 4.06. The third-order valence-corrected chi connectivity index (χ3v) is 2.15. The number of hydrogen-bond acceptors (Lipinski definition) is 2. The van der Waals surface area contributed by atoms with Crippen molar-refractivity contribution in [2.24, 2.45) is 5.73 Å². The summed E-state index contributed by atoms with van der Waals surface area (Å²) in [7, 11) is 0. The number of nitrogens with two attached hydrogens (primary N) is 1. The van der Waals surface area contributed by atoms with Gasteiger partial charge < -0.3 is 16.3 Å². The molecule has 10 heavy (non-hydrogen) atoms. The van der Waals surface area contributed by atoms with E-state index in [2.05, 4.69) is 0 Å². The Morgan fingerprint density at radius 2 is 1.70 bits per heavy atom. The van der Waals surface area contributed by atoms with Crippen molar-refractivity contribution in [3.8, 4) is 0 Å². The summed E-state index contributed by atoms with van der Waals surface area (Å²) in [6, 6.07) is 0. The van der Waals surface area contributed by atoms with E-state index < -0.39 is 6.10 Å².